The number of likely N-dealkylation sites (N-methyl/N-ethyl adjacent to an activating group) is 1. The molecule has 38 heavy (non-hydrogen) atoms. The third-order valence-electron chi connectivity index (χ3n) is 7.91. The predicted molar refractivity (Wildman–Crippen MR) is 154 cm³/mol. The van der Waals surface area contributed by atoms with E-state index in [0.29, 0.717) is 22.5 Å². The van der Waals surface area contributed by atoms with Gasteiger partial charge in [-0.3, -0.25) is 14.5 Å². The van der Waals surface area contributed by atoms with Crippen molar-refractivity contribution in [2.24, 2.45) is 0 Å². The average Bonchev–Trinajstić information content (AvgIpc) is 3.64. The summed E-state index contributed by atoms with van der Waals surface area (Å²) in [5, 5.41) is 5.17. The molecule has 2 aromatic carbocycles. The van der Waals surface area contributed by atoms with Gasteiger partial charge in [0.1, 0.15) is 5.75 Å². The number of nitrogens with one attached hydrogen (secondary N) is 1. The van der Waals surface area contributed by atoms with E-state index in [4.69, 9.17) is 4.74 Å². The Morgan fingerprint density at radius 3 is 2.55 bits per heavy atom. The van der Waals surface area contributed by atoms with E-state index < -0.39 is 0 Å². The second kappa shape index (κ2) is 10.4. The van der Waals surface area contributed by atoms with Crippen LogP contribution in [-0.2, 0) is 0 Å². The minimum atomic E-state index is -0.215. The lowest BCUT2D eigenvalue weighted by Gasteiger charge is -2.34. The monoisotopic (exact) mass is 532 g/mol. The molecule has 0 saturated carbocycles. The third kappa shape index (κ3) is 4.90. The molecule has 2 amide bonds. The maximum atomic E-state index is 13.4. The first kappa shape index (κ1) is 26.3. The zero-order chi connectivity index (χ0) is 27.1. The Labute approximate surface area is 229 Å². The van der Waals surface area contributed by atoms with Crippen LogP contribution in [0, 0.1) is 6.92 Å². The summed E-state index contributed by atoms with van der Waals surface area (Å²) in [7, 11) is 7.33. The Morgan fingerprint density at radius 1 is 1.11 bits per heavy atom. The molecular weight excluding hydrogens is 496 g/mol. The number of carbonyl (C=O) groups excluding carboxylic acids is 2. The molecule has 3 atom stereocenters. The first-order chi connectivity index (χ1) is 18.2. The molecule has 0 radical (unpaired) electrons. The predicted octanol–water partition coefficient (Wildman–Crippen LogP) is 4.82. The van der Waals surface area contributed by atoms with E-state index in [1.54, 1.807) is 26.1 Å². The van der Waals surface area contributed by atoms with Gasteiger partial charge in [-0.2, -0.15) is 0 Å². The average molecular weight is 533 g/mol. The molecule has 3 heterocycles. The summed E-state index contributed by atoms with van der Waals surface area (Å²) in [5.41, 5.74) is 5.59. The minimum Gasteiger partial charge on any atom is -0.496 e. The number of piperazine rings is 1. The Kier molecular flexibility index (Phi) is 7.20. The van der Waals surface area contributed by atoms with Crippen LogP contribution in [0.1, 0.15) is 50.5 Å². The fourth-order valence-electron chi connectivity index (χ4n) is 5.60. The second-order valence-corrected chi connectivity index (χ2v) is 11.6. The fraction of sp³-hybridized carbons (Fsp3) is 0.400. The second-order valence-electron chi connectivity index (χ2n) is 10.7. The molecule has 0 spiro atoms. The van der Waals surface area contributed by atoms with E-state index in [0.717, 1.165) is 46.8 Å². The lowest BCUT2D eigenvalue weighted by atomic mass is 9.99. The third-order valence-corrected chi connectivity index (χ3v) is 8.83. The van der Waals surface area contributed by atoms with E-state index >= 15 is 0 Å². The number of hydrogen-bond donors (Lipinski definition) is 1. The number of benzene rings is 2. The van der Waals surface area contributed by atoms with E-state index in [2.05, 4.69) is 34.3 Å². The number of likely N-dealkylation sites (tertiary alicyclic amines) is 1. The smallest absolute Gasteiger partial charge is 0.263 e. The van der Waals surface area contributed by atoms with Crippen molar-refractivity contribution in [1.82, 2.24) is 15.1 Å². The number of thiophene rings is 1. The first-order valence-electron chi connectivity index (χ1n) is 13.0. The number of aryl methyl sites for hydroxylation is 1. The van der Waals surface area contributed by atoms with Crippen molar-refractivity contribution >= 4 is 28.8 Å². The molecule has 1 aromatic heterocycles. The van der Waals surface area contributed by atoms with Crippen LogP contribution >= 0.6 is 11.3 Å². The van der Waals surface area contributed by atoms with Gasteiger partial charge in [0.05, 0.1) is 18.0 Å². The summed E-state index contributed by atoms with van der Waals surface area (Å²) in [4.78, 5) is 33.0. The number of methoxy groups -OCH3 is 1. The first-order valence-corrected chi connectivity index (χ1v) is 13.9. The molecule has 2 bridgehead atoms. The largest absolute Gasteiger partial charge is 0.496 e. The van der Waals surface area contributed by atoms with Crippen LogP contribution in [0.4, 0.5) is 5.69 Å². The van der Waals surface area contributed by atoms with Crippen molar-refractivity contribution < 1.29 is 14.3 Å². The van der Waals surface area contributed by atoms with Crippen LogP contribution < -0.4 is 15.0 Å². The van der Waals surface area contributed by atoms with Gasteiger partial charge in [-0.05, 0) is 79.7 Å². The molecule has 2 saturated heterocycles. The van der Waals surface area contributed by atoms with Crippen LogP contribution in [-0.4, -0.2) is 75.0 Å². The lowest BCUT2D eigenvalue weighted by Crippen LogP contribution is -2.44. The molecule has 3 aromatic rings. The molecule has 8 heteroatoms. The summed E-state index contributed by atoms with van der Waals surface area (Å²) in [6, 6.07) is 15.0. The number of anilines is 1. The Balaban J connectivity index is 1.35. The highest BCUT2D eigenvalue weighted by Crippen LogP contribution is 2.36. The summed E-state index contributed by atoms with van der Waals surface area (Å²) >= 11 is 1.42. The molecule has 0 aliphatic carbocycles. The number of rotatable bonds is 7. The van der Waals surface area contributed by atoms with Gasteiger partial charge in [0.25, 0.3) is 11.8 Å². The zero-order valence-electron chi connectivity index (χ0n) is 22.9. The normalized spacial score (nSPS) is 19.5. The van der Waals surface area contributed by atoms with Gasteiger partial charge in [0, 0.05) is 56.1 Å². The summed E-state index contributed by atoms with van der Waals surface area (Å²) in [6.45, 7) is 6.07. The Morgan fingerprint density at radius 2 is 1.89 bits per heavy atom. The molecular formula is C30H36N4O3S. The SMILES string of the molecule is COc1ccc([C@@H](C)NC(=O)c2cc(N3C[C@H]4C[C@@H]3CN4C)ccc2C)cc1-c1csc(C(=O)N(C)C)c1. The quantitative estimate of drug-likeness (QED) is 0.473. The van der Waals surface area contributed by atoms with Crippen molar-refractivity contribution in [3.8, 4) is 16.9 Å². The van der Waals surface area contributed by atoms with Gasteiger partial charge in [0.2, 0.25) is 0 Å². The van der Waals surface area contributed by atoms with Crippen molar-refractivity contribution in [1.29, 1.82) is 0 Å². The van der Waals surface area contributed by atoms with E-state index in [9.17, 15) is 9.59 Å². The Bertz CT molecular complexity index is 1370. The van der Waals surface area contributed by atoms with Crippen molar-refractivity contribution in [3.05, 3.63) is 69.4 Å². The number of hydrogen-bond acceptors (Lipinski definition) is 6. The lowest BCUT2D eigenvalue weighted by molar-refractivity contribution is 0.0831. The van der Waals surface area contributed by atoms with E-state index in [1.807, 2.05) is 49.6 Å². The minimum absolute atomic E-state index is 0.0246. The van der Waals surface area contributed by atoms with Gasteiger partial charge >= 0.3 is 0 Å². The number of nitrogens with zero attached hydrogens (tertiary/aromatic N) is 3. The van der Waals surface area contributed by atoms with Crippen LogP contribution in [0.25, 0.3) is 11.1 Å². The zero-order valence-corrected chi connectivity index (χ0v) is 23.8. The summed E-state index contributed by atoms with van der Waals surface area (Å²) in [6.07, 6.45) is 1.19. The van der Waals surface area contributed by atoms with Crippen molar-refractivity contribution in [2.75, 3.05) is 46.2 Å². The highest BCUT2D eigenvalue weighted by Gasteiger charge is 2.41. The van der Waals surface area contributed by atoms with Gasteiger partial charge in [-0.1, -0.05) is 12.1 Å². The Hall–Kier alpha value is -3.36. The highest BCUT2D eigenvalue weighted by atomic mass is 32.1. The number of amides is 2. The van der Waals surface area contributed by atoms with Crippen LogP contribution in [0.5, 0.6) is 5.75 Å². The number of fused-ring (bicyclic) bond motifs is 2. The maximum absolute atomic E-state index is 13.4. The number of ether oxygens (including phenoxy) is 1. The maximum Gasteiger partial charge on any atom is 0.263 e. The fourth-order valence-corrected chi connectivity index (χ4v) is 6.53. The van der Waals surface area contributed by atoms with E-state index in [-0.39, 0.29) is 17.9 Å². The van der Waals surface area contributed by atoms with Gasteiger partial charge in [-0.25, -0.2) is 0 Å². The molecule has 2 aliphatic heterocycles. The molecule has 2 aliphatic rings. The summed E-state index contributed by atoms with van der Waals surface area (Å²) < 4.78 is 5.62. The molecule has 5 rings (SSSR count). The van der Waals surface area contributed by atoms with Gasteiger partial charge in [-0.15, -0.1) is 11.3 Å². The van der Waals surface area contributed by atoms with Gasteiger partial charge in [0.15, 0.2) is 0 Å². The number of carbonyl (C=O) groups is 2. The molecule has 0 unspecified atom stereocenters. The van der Waals surface area contributed by atoms with Crippen molar-refractivity contribution in [3.63, 3.8) is 0 Å². The molecule has 2 fully saturated rings. The van der Waals surface area contributed by atoms with Crippen LogP contribution in [0.3, 0.4) is 0 Å². The van der Waals surface area contributed by atoms with Gasteiger partial charge < -0.3 is 19.9 Å². The van der Waals surface area contributed by atoms with Crippen LogP contribution in [0.2, 0.25) is 0 Å². The molecule has 7 nitrogen and oxygen atoms in total. The standard InChI is InChI=1S/C30H36N4O3S/c1-18-7-9-22(34-16-23-13-24(34)15-33(23)5)14-25(18)29(35)31-19(2)20-8-10-27(37-6)26(11-20)21-12-28(38-17-21)30(36)32(3)4/h7-12,14,17,19,23-24H,13,15-16H2,1-6H3,(H,31,35)/t19-,23-,24-/m1/s1. The van der Waals surface area contributed by atoms with E-state index in [1.165, 1.54) is 17.8 Å². The van der Waals surface area contributed by atoms with Crippen LogP contribution in [0.15, 0.2) is 47.8 Å². The summed E-state index contributed by atoms with van der Waals surface area (Å²) in [5.74, 6) is 0.622. The highest BCUT2D eigenvalue weighted by molar-refractivity contribution is 7.12. The molecule has 1 N–H and O–H groups in total. The topological polar surface area (TPSA) is 65.1 Å². The van der Waals surface area contributed by atoms with Crippen molar-refractivity contribution in [2.45, 2.75) is 38.4 Å². The molecule has 200 valence electrons.